The third-order valence-electron chi connectivity index (χ3n) is 5.18. The van der Waals surface area contributed by atoms with Crippen molar-refractivity contribution in [3.05, 3.63) is 29.8 Å². The highest BCUT2D eigenvalue weighted by atomic mass is 16.5. The third kappa shape index (κ3) is 2.95. The van der Waals surface area contributed by atoms with Crippen molar-refractivity contribution in [1.29, 1.82) is 0 Å². The molecule has 2 aliphatic rings. The van der Waals surface area contributed by atoms with E-state index in [0.29, 0.717) is 12.1 Å². The summed E-state index contributed by atoms with van der Waals surface area (Å²) in [6.45, 7) is 6.75. The van der Waals surface area contributed by atoms with Crippen LogP contribution in [0.1, 0.15) is 51.1 Å². The van der Waals surface area contributed by atoms with Crippen LogP contribution in [0, 0.1) is 0 Å². The van der Waals surface area contributed by atoms with Gasteiger partial charge < -0.3 is 15.0 Å². The summed E-state index contributed by atoms with van der Waals surface area (Å²) in [6.07, 6.45) is 4.53. The number of hydrogen-bond acceptors (Lipinski definition) is 3. The van der Waals surface area contributed by atoms with Crippen molar-refractivity contribution in [2.75, 3.05) is 20.1 Å². The smallest absolute Gasteiger partial charge is 0.124 e. The number of benzene rings is 1. The first kappa shape index (κ1) is 14.9. The van der Waals surface area contributed by atoms with E-state index in [1.807, 2.05) is 0 Å². The first-order chi connectivity index (χ1) is 10.1. The van der Waals surface area contributed by atoms with E-state index in [4.69, 9.17) is 4.74 Å². The van der Waals surface area contributed by atoms with Gasteiger partial charge in [-0.3, -0.25) is 0 Å². The number of para-hydroxylation sites is 1. The summed E-state index contributed by atoms with van der Waals surface area (Å²) in [5.41, 5.74) is 1.36. The zero-order valence-electron chi connectivity index (χ0n) is 13.6. The summed E-state index contributed by atoms with van der Waals surface area (Å²) in [6, 6.07) is 9.60. The third-order valence-corrected chi connectivity index (χ3v) is 5.18. The Labute approximate surface area is 128 Å². The van der Waals surface area contributed by atoms with Gasteiger partial charge in [-0.15, -0.1) is 0 Å². The monoisotopic (exact) mass is 288 g/mol. The number of piperidine rings is 1. The van der Waals surface area contributed by atoms with Crippen LogP contribution in [0.4, 0.5) is 0 Å². The Morgan fingerprint density at radius 1 is 1.33 bits per heavy atom. The fourth-order valence-electron chi connectivity index (χ4n) is 3.79. The fourth-order valence-corrected chi connectivity index (χ4v) is 3.79. The van der Waals surface area contributed by atoms with Crippen LogP contribution in [-0.4, -0.2) is 36.7 Å². The zero-order valence-corrected chi connectivity index (χ0v) is 13.6. The molecule has 0 aromatic heterocycles. The summed E-state index contributed by atoms with van der Waals surface area (Å²) in [4.78, 5) is 2.45. The number of nitrogens with zero attached hydrogens (tertiary/aromatic N) is 1. The lowest BCUT2D eigenvalue weighted by molar-refractivity contribution is -0.0390. The number of hydrogen-bond donors (Lipinski definition) is 1. The molecule has 0 amide bonds. The van der Waals surface area contributed by atoms with Crippen LogP contribution in [0.15, 0.2) is 24.3 Å². The van der Waals surface area contributed by atoms with Crippen molar-refractivity contribution in [2.45, 2.75) is 57.2 Å². The Morgan fingerprint density at radius 3 is 2.90 bits per heavy atom. The highest BCUT2D eigenvalue weighted by molar-refractivity contribution is 5.39. The van der Waals surface area contributed by atoms with Crippen LogP contribution in [0.3, 0.4) is 0 Å². The normalized spacial score (nSPS) is 32.7. The van der Waals surface area contributed by atoms with Gasteiger partial charge in [0.1, 0.15) is 11.4 Å². The van der Waals surface area contributed by atoms with Gasteiger partial charge >= 0.3 is 0 Å². The standard InChI is InChI=1S/C18H28N2O/c1-4-10-19-16-13-18(9-11-20(3)14(2)12-18)21-17-8-6-5-7-15(16)17/h5-8,14,16,19H,4,9-13H2,1-3H3. The van der Waals surface area contributed by atoms with Crippen molar-refractivity contribution in [3.63, 3.8) is 0 Å². The maximum absolute atomic E-state index is 6.52. The Balaban J connectivity index is 1.86. The molecule has 2 heterocycles. The van der Waals surface area contributed by atoms with E-state index in [0.717, 1.165) is 38.1 Å². The second-order valence-corrected chi connectivity index (χ2v) is 6.82. The minimum atomic E-state index is 0.0195. The van der Waals surface area contributed by atoms with E-state index in [-0.39, 0.29) is 5.60 Å². The van der Waals surface area contributed by atoms with E-state index < -0.39 is 0 Å². The van der Waals surface area contributed by atoms with Gasteiger partial charge in [-0.1, -0.05) is 25.1 Å². The van der Waals surface area contributed by atoms with Gasteiger partial charge in [0.15, 0.2) is 0 Å². The fraction of sp³-hybridized carbons (Fsp3) is 0.667. The van der Waals surface area contributed by atoms with Crippen molar-refractivity contribution in [3.8, 4) is 5.75 Å². The Hall–Kier alpha value is -1.06. The summed E-state index contributed by atoms with van der Waals surface area (Å²) in [7, 11) is 2.22. The summed E-state index contributed by atoms with van der Waals surface area (Å²) in [5.74, 6) is 1.09. The first-order valence-electron chi connectivity index (χ1n) is 8.35. The van der Waals surface area contributed by atoms with Crippen LogP contribution in [0.2, 0.25) is 0 Å². The summed E-state index contributed by atoms with van der Waals surface area (Å²) >= 11 is 0. The Morgan fingerprint density at radius 2 is 2.14 bits per heavy atom. The molecule has 3 atom stereocenters. The number of ether oxygens (including phenoxy) is 1. The Bertz CT molecular complexity index is 490. The van der Waals surface area contributed by atoms with Crippen LogP contribution < -0.4 is 10.1 Å². The maximum atomic E-state index is 6.52. The lowest BCUT2D eigenvalue weighted by atomic mass is 9.78. The minimum absolute atomic E-state index is 0.0195. The van der Waals surface area contributed by atoms with Crippen LogP contribution in [0.5, 0.6) is 5.75 Å². The van der Waals surface area contributed by atoms with E-state index in [1.165, 1.54) is 12.0 Å². The van der Waals surface area contributed by atoms with Crippen molar-refractivity contribution in [1.82, 2.24) is 10.2 Å². The van der Waals surface area contributed by atoms with Gasteiger partial charge in [-0.05, 0) is 39.4 Å². The van der Waals surface area contributed by atoms with Crippen LogP contribution >= 0.6 is 0 Å². The average molecular weight is 288 g/mol. The average Bonchev–Trinajstić information content (AvgIpc) is 2.49. The topological polar surface area (TPSA) is 24.5 Å². The molecule has 1 aromatic rings. The molecule has 2 aliphatic heterocycles. The van der Waals surface area contributed by atoms with E-state index >= 15 is 0 Å². The van der Waals surface area contributed by atoms with E-state index in [9.17, 15) is 0 Å². The maximum Gasteiger partial charge on any atom is 0.124 e. The molecule has 3 heteroatoms. The molecule has 1 aromatic carbocycles. The van der Waals surface area contributed by atoms with Crippen molar-refractivity contribution in [2.24, 2.45) is 0 Å². The van der Waals surface area contributed by atoms with Crippen LogP contribution in [-0.2, 0) is 0 Å². The van der Waals surface area contributed by atoms with Gasteiger partial charge in [0.05, 0.1) is 0 Å². The minimum Gasteiger partial charge on any atom is -0.487 e. The number of rotatable bonds is 3. The Kier molecular flexibility index (Phi) is 4.23. The van der Waals surface area contributed by atoms with Gasteiger partial charge in [-0.2, -0.15) is 0 Å². The second kappa shape index (κ2) is 5.98. The second-order valence-electron chi connectivity index (χ2n) is 6.82. The van der Waals surface area contributed by atoms with Gasteiger partial charge in [0.2, 0.25) is 0 Å². The highest BCUT2D eigenvalue weighted by Gasteiger charge is 2.44. The largest absolute Gasteiger partial charge is 0.487 e. The SMILES string of the molecule is CCCNC1CC2(CCN(C)C(C)C2)Oc2ccccc21. The summed E-state index contributed by atoms with van der Waals surface area (Å²) in [5, 5.41) is 3.73. The lowest BCUT2D eigenvalue weighted by Gasteiger charge is -2.48. The van der Waals surface area contributed by atoms with Gasteiger partial charge in [-0.25, -0.2) is 0 Å². The molecule has 0 bridgehead atoms. The molecular weight excluding hydrogens is 260 g/mol. The first-order valence-corrected chi connectivity index (χ1v) is 8.35. The molecule has 3 nitrogen and oxygen atoms in total. The molecule has 116 valence electrons. The molecule has 1 N–H and O–H groups in total. The molecule has 1 fully saturated rings. The number of likely N-dealkylation sites (tertiary alicyclic amines) is 1. The molecule has 0 saturated carbocycles. The molecule has 0 aliphatic carbocycles. The quantitative estimate of drug-likeness (QED) is 0.923. The zero-order chi connectivity index (χ0) is 14.9. The van der Waals surface area contributed by atoms with Crippen molar-refractivity contribution < 1.29 is 4.74 Å². The number of fused-ring (bicyclic) bond motifs is 1. The molecule has 1 spiro atoms. The van der Waals surface area contributed by atoms with Crippen LogP contribution in [0.25, 0.3) is 0 Å². The van der Waals surface area contributed by atoms with Crippen molar-refractivity contribution >= 4 is 0 Å². The van der Waals surface area contributed by atoms with E-state index in [2.05, 4.69) is 55.4 Å². The van der Waals surface area contributed by atoms with E-state index in [1.54, 1.807) is 0 Å². The molecular formula is C18H28N2O. The molecule has 3 rings (SSSR count). The lowest BCUT2D eigenvalue weighted by Crippen LogP contribution is -2.54. The summed E-state index contributed by atoms with van der Waals surface area (Å²) < 4.78 is 6.52. The predicted molar refractivity (Wildman–Crippen MR) is 86.8 cm³/mol. The van der Waals surface area contributed by atoms with Gasteiger partial charge in [0.25, 0.3) is 0 Å². The highest BCUT2D eigenvalue weighted by Crippen LogP contribution is 2.45. The number of nitrogens with one attached hydrogen (secondary N) is 1. The molecule has 0 radical (unpaired) electrons. The molecule has 1 saturated heterocycles. The predicted octanol–water partition coefficient (Wildman–Crippen LogP) is 3.36. The van der Waals surface area contributed by atoms with Gasteiger partial charge in [0, 0.05) is 37.0 Å². The molecule has 21 heavy (non-hydrogen) atoms. The molecule has 3 unspecified atom stereocenters.